The van der Waals surface area contributed by atoms with E-state index in [9.17, 15) is 4.79 Å². The van der Waals surface area contributed by atoms with Crippen LogP contribution in [0.3, 0.4) is 0 Å². The average molecular weight is 280 g/mol. The van der Waals surface area contributed by atoms with Crippen molar-refractivity contribution < 1.29 is 4.79 Å². The van der Waals surface area contributed by atoms with E-state index in [1.165, 1.54) is 4.88 Å². The van der Waals surface area contributed by atoms with Gasteiger partial charge in [-0.1, -0.05) is 0 Å². The fraction of sp³-hybridized carbons (Fsp3) is 0.385. The van der Waals surface area contributed by atoms with Gasteiger partial charge in [0.15, 0.2) is 5.78 Å². The van der Waals surface area contributed by atoms with Crippen molar-refractivity contribution in [3.8, 4) is 0 Å². The molecule has 0 saturated carbocycles. The van der Waals surface area contributed by atoms with Crippen molar-refractivity contribution in [2.24, 2.45) is 0 Å². The summed E-state index contributed by atoms with van der Waals surface area (Å²) in [6.45, 7) is 5.20. The lowest BCUT2D eigenvalue weighted by molar-refractivity contribution is 0.0942. The van der Waals surface area contributed by atoms with E-state index < -0.39 is 0 Å². The molecule has 0 aliphatic rings. The highest BCUT2D eigenvalue weighted by Gasteiger charge is 2.14. The summed E-state index contributed by atoms with van der Waals surface area (Å²) < 4.78 is 0. The number of hydrogen-bond acceptors (Lipinski definition) is 5. The molecule has 2 rings (SSSR count). The van der Waals surface area contributed by atoms with Gasteiger partial charge in [-0.05, 0) is 27.0 Å². The number of thiophene rings is 1. The van der Waals surface area contributed by atoms with E-state index in [0.29, 0.717) is 6.54 Å². The molecule has 18 heavy (non-hydrogen) atoms. The fourth-order valence-corrected chi connectivity index (χ4v) is 3.38. The zero-order valence-corrected chi connectivity index (χ0v) is 12.4. The Morgan fingerprint density at radius 3 is 2.78 bits per heavy atom. The maximum absolute atomic E-state index is 12.2. The molecule has 5 heteroatoms. The van der Waals surface area contributed by atoms with Crippen molar-refractivity contribution in [3.05, 3.63) is 38.0 Å². The number of nitrogens with zero attached hydrogens (tertiary/aromatic N) is 2. The summed E-state index contributed by atoms with van der Waals surface area (Å²) in [5.41, 5.74) is 3.70. The number of carbonyl (C=O) groups is 1. The van der Waals surface area contributed by atoms with Crippen LogP contribution in [0, 0.1) is 13.8 Å². The molecule has 0 unspecified atom stereocenters. The summed E-state index contributed by atoms with van der Waals surface area (Å²) in [4.78, 5) is 20.7. The lowest BCUT2D eigenvalue weighted by atomic mass is 10.1. The van der Waals surface area contributed by atoms with Crippen LogP contribution in [0.25, 0.3) is 0 Å². The Bertz CT molecular complexity index is 531. The van der Waals surface area contributed by atoms with E-state index >= 15 is 0 Å². The third-order valence-electron chi connectivity index (χ3n) is 2.67. The Kier molecular flexibility index (Phi) is 4.27. The first kappa shape index (κ1) is 13.4. The van der Waals surface area contributed by atoms with Crippen LogP contribution in [-0.4, -0.2) is 29.3 Å². The highest BCUT2D eigenvalue weighted by atomic mass is 32.1. The van der Waals surface area contributed by atoms with Crippen molar-refractivity contribution in [2.75, 3.05) is 13.6 Å². The number of rotatable bonds is 5. The number of thiazole rings is 1. The minimum absolute atomic E-state index is 0.189. The van der Waals surface area contributed by atoms with Crippen LogP contribution in [0.2, 0.25) is 0 Å². The topological polar surface area (TPSA) is 33.2 Å². The van der Waals surface area contributed by atoms with Crippen molar-refractivity contribution in [2.45, 2.75) is 20.4 Å². The van der Waals surface area contributed by atoms with E-state index in [1.54, 1.807) is 22.7 Å². The largest absolute Gasteiger partial charge is 0.293 e. The predicted octanol–water partition coefficient (Wildman–Crippen LogP) is 3.14. The first-order valence-electron chi connectivity index (χ1n) is 5.72. The molecule has 2 heterocycles. The Morgan fingerprint density at radius 2 is 2.22 bits per heavy atom. The SMILES string of the molecule is Cc1cc(C(=O)CN(C)Cc2cscn2)c(C)s1. The van der Waals surface area contributed by atoms with Gasteiger partial charge in [0, 0.05) is 27.2 Å². The van der Waals surface area contributed by atoms with Crippen LogP contribution in [0.15, 0.2) is 17.0 Å². The predicted molar refractivity (Wildman–Crippen MR) is 76.6 cm³/mol. The first-order chi connectivity index (χ1) is 8.56. The van der Waals surface area contributed by atoms with Crippen LogP contribution in [0.1, 0.15) is 25.8 Å². The molecule has 0 aliphatic heterocycles. The van der Waals surface area contributed by atoms with Crippen LogP contribution in [-0.2, 0) is 6.54 Å². The molecule has 96 valence electrons. The van der Waals surface area contributed by atoms with Crippen molar-refractivity contribution in [1.82, 2.24) is 9.88 Å². The Labute approximate surface area is 115 Å². The van der Waals surface area contributed by atoms with Crippen molar-refractivity contribution in [1.29, 1.82) is 0 Å². The lowest BCUT2D eigenvalue weighted by Gasteiger charge is -2.13. The molecule has 0 amide bonds. The molecule has 2 aromatic rings. The van der Waals surface area contributed by atoms with Crippen LogP contribution in [0.4, 0.5) is 0 Å². The number of hydrogen-bond donors (Lipinski definition) is 0. The number of likely N-dealkylation sites (N-methyl/N-ethyl adjacent to an activating group) is 1. The van der Waals surface area contributed by atoms with Gasteiger partial charge in [-0.2, -0.15) is 0 Å². The summed E-state index contributed by atoms with van der Waals surface area (Å²) in [6, 6.07) is 1.99. The molecule has 0 fully saturated rings. The summed E-state index contributed by atoms with van der Waals surface area (Å²) in [6.07, 6.45) is 0. The lowest BCUT2D eigenvalue weighted by Crippen LogP contribution is -2.25. The fourth-order valence-electron chi connectivity index (χ4n) is 1.89. The molecule has 0 bridgehead atoms. The monoisotopic (exact) mass is 280 g/mol. The molecule has 0 spiro atoms. The van der Waals surface area contributed by atoms with E-state index in [0.717, 1.165) is 22.7 Å². The Balaban J connectivity index is 1.97. The van der Waals surface area contributed by atoms with E-state index in [1.807, 2.05) is 42.8 Å². The van der Waals surface area contributed by atoms with E-state index in [-0.39, 0.29) is 5.78 Å². The molecular weight excluding hydrogens is 264 g/mol. The molecule has 0 aliphatic carbocycles. The summed E-state index contributed by atoms with van der Waals surface area (Å²) in [7, 11) is 1.95. The molecule has 0 N–H and O–H groups in total. The number of aryl methyl sites for hydroxylation is 2. The molecule has 0 saturated heterocycles. The van der Waals surface area contributed by atoms with Crippen LogP contribution >= 0.6 is 22.7 Å². The molecule has 0 aromatic carbocycles. The second-order valence-corrected chi connectivity index (χ2v) is 6.58. The third-order valence-corrected chi connectivity index (χ3v) is 4.27. The number of aromatic nitrogens is 1. The van der Waals surface area contributed by atoms with Gasteiger partial charge in [0.25, 0.3) is 0 Å². The van der Waals surface area contributed by atoms with Gasteiger partial charge in [-0.25, -0.2) is 4.98 Å². The van der Waals surface area contributed by atoms with Crippen LogP contribution < -0.4 is 0 Å². The number of carbonyl (C=O) groups excluding carboxylic acids is 1. The van der Waals surface area contributed by atoms with Gasteiger partial charge < -0.3 is 0 Å². The zero-order chi connectivity index (χ0) is 13.1. The van der Waals surface area contributed by atoms with Crippen molar-refractivity contribution in [3.63, 3.8) is 0 Å². The zero-order valence-electron chi connectivity index (χ0n) is 10.8. The Morgan fingerprint density at radius 1 is 1.44 bits per heavy atom. The quantitative estimate of drug-likeness (QED) is 0.789. The van der Waals surface area contributed by atoms with Gasteiger partial charge >= 0.3 is 0 Å². The molecule has 2 aromatic heterocycles. The second-order valence-electron chi connectivity index (χ2n) is 4.40. The highest BCUT2D eigenvalue weighted by molar-refractivity contribution is 7.12. The first-order valence-corrected chi connectivity index (χ1v) is 7.48. The van der Waals surface area contributed by atoms with Crippen molar-refractivity contribution >= 4 is 28.5 Å². The second kappa shape index (κ2) is 5.73. The summed E-state index contributed by atoms with van der Waals surface area (Å²) in [5, 5.41) is 2.01. The van der Waals surface area contributed by atoms with Gasteiger partial charge in [0.2, 0.25) is 0 Å². The van der Waals surface area contributed by atoms with Gasteiger partial charge in [0.1, 0.15) is 0 Å². The minimum Gasteiger partial charge on any atom is -0.293 e. The van der Waals surface area contributed by atoms with E-state index in [4.69, 9.17) is 0 Å². The van der Waals surface area contributed by atoms with Gasteiger partial charge in [-0.15, -0.1) is 22.7 Å². The van der Waals surface area contributed by atoms with Crippen LogP contribution in [0.5, 0.6) is 0 Å². The summed E-state index contributed by atoms with van der Waals surface area (Å²) >= 11 is 3.26. The molecule has 0 radical (unpaired) electrons. The maximum Gasteiger partial charge on any atom is 0.177 e. The third kappa shape index (κ3) is 3.25. The molecule has 0 atom stereocenters. The van der Waals surface area contributed by atoms with E-state index in [2.05, 4.69) is 4.98 Å². The number of Topliss-reactive ketones (excluding diaryl/α,β-unsaturated/α-hetero) is 1. The molecular formula is C13H16N2OS2. The number of ketones is 1. The van der Waals surface area contributed by atoms with Gasteiger partial charge in [0.05, 0.1) is 17.7 Å². The minimum atomic E-state index is 0.189. The highest BCUT2D eigenvalue weighted by Crippen LogP contribution is 2.21. The molecule has 3 nitrogen and oxygen atoms in total. The van der Waals surface area contributed by atoms with Gasteiger partial charge in [-0.3, -0.25) is 9.69 Å². The standard InChI is InChI=1S/C13H16N2OS2/c1-9-4-12(10(2)18-9)13(16)6-15(3)5-11-7-17-8-14-11/h4,7-8H,5-6H2,1-3H3. The maximum atomic E-state index is 12.2. The Hall–Kier alpha value is -1.04. The normalized spacial score (nSPS) is 11.1. The summed E-state index contributed by atoms with van der Waals surface area (Å²) in [5.74, 6) is 0.189. The smallest absolute Gasteiger partial charge is 0.177 e. The average Bonchev–Trinajstić information content (AvgIpc) is 2.88.